The van der Waals surface area contributed by atoms with E-state index in [4.69, 9.17) is 16.3 Å². The van der Waals surface area contributed by atoms with Gasteiger partial charge in [0.05, 0.1) is 23.4 Å². The van der Waals surface area contributed by atoms with Crippen molar-refractivity contribution in [2.24, 2.45) is 0 Å². The number of sulfonamides is 1. The van der Waals surface area contributed by atoms with Crippen LogP contribution in [-0.2, 0) is 10.0 Å². The molecule has 0 saturated carbocycles. The lowest BCUT2D eigenvalue weighted by Gasteiger charge is -2.11. The molecule has 5 nitrogen and oxygen atoms in total. The molecule has 1 aromatic heterocycles. The fourth-order valence-corrected chi connectivity index (χ4v) is 2.95. The molecule has 0 atom stereocenters. The SMILES string of the molecule is COc1cccc(S(=O)(=O)Nc2ccc(Cl)nc2C)c1. The molecule has 0 spiro atoms. The molecule has 2 rings (SSSR count). The van der Waals surface area contributed by atoms with Crippen LogP contribution in [0.25, 0.3) is 0 Å². The third kappa shape index (κ3) is 3.20. The van der Waals surface area contributed by atoms with Crippen LogP contribution in [0.2, 0.25) is 5.15 Å². The van der Waals surface area contributed by atoms with Gasteiger partial charge in [0.15, 0.2) is 0 Å². The highest BCUT2D eigenvalue weighted by molar-refractivity contribution is 7.92. The molecule has 2 aromatic rings. The van der Waals surface area contributed by atoms with Crippen molar-refractivity contribution in [2.45, 2.75) is 11.8 Å². The number of aryl methyl sites for hydroxylation is 1. The Morgan fingerprint density at radius 1 is 1.25 bits per heavy atom. The first kappa shape index (κ1) is 14.6. The highest BCUT2D eigenvalue weighted by atomic mass is 35.5. The zero-order valence-electron chi connectivity index (χ0n) is 10.9. The van der Waals surface area contributed by atoms with Crippen molar-refractivity contribution in [3.8, 4) is 5.75 Å². The molecular formula is C13H13ClN2O3S. The van der Waals surface area contributed by atoms with Crippen LogP contribution in [0, 0.1) is 6.92 Å². The number of benzene rings is 1. The zero-order valence-corrected chi connectivity index (χ0v) is 12.5. The zero-order chi connectivity index (χ0) is 14.8. The second-order valence-corrected chi connectivity index (χ2v) is 6.12. The number of nitrogens with zero attached hydrogens (tertiary/aromatic N) is 1. The Hall–Kier alpha value is -1.79. The van der Waals surface area contributed by atoms with Gasteiger partial charge in [-0.2, -0.15) is 0 Å². The van der Waals surface area contributed by atoms with Crippen LogP contribution in [0.3, 0.4) is 0 Å². The third-order valence-corrected chi connectivity index (χ3v) is 4.22. The molecule has 7 heteroatoms. The van der Waals surface area contributed by atoms with Gasteiger partial charge in [0.25, 0.3) is 10.0 Å². The summed E-state index contributed by atoms with van der Waals surface area (Å²) in [6.45, 7) is 1.68. The summed E-state index contributed by atoms with van der Waals surface area (Å²) in [5.41, 5.74) is 0.890. The van der Waals surface area contributed by atoms with E-state index in [9.17, 15) is 8.42 Å². The molecule has 0 aliphatic heterocycles. The molecule has 106 valence electrons. The molecule has 0 saturated heterocycles. The summed E-state index contributed by atoms with van der Waals surface area (Å²) in [6.07, 6.45) is 0. The average molecular weight is 313 g/mol. The molecule has 0 unspecified atom stereocenters. The predicted molar refractivity (Wildman–Crippen MR) is 77.8 cm³/mol. The van der Waals surface area contributed by atoms with Crippen molar-refractivity contribution in [3.63, 3.8) is 0 Å². The molecule has 0 bridgehead atoms. The first-order valence-corrected chi connectivity index (χ1v) is 7.58. The molecule has 20 heavy (non-hydrogen) atoms. The maximum Gasteiger partial charge on any atom is 0.262 e. The minimum absolute atomic E-state index is 0.117. The molecule has 0 fully saturated rings. The average Bonchev–Trinajstić information content (AvgIpc) is 2.42. The van der Waals surface area contributed by atoms with Gasteiger partial charge in [0.2, 0.25) is 0 Å². The standard InChI is InChI=1S/C13H13ClN2O3S/c1-9-12(6-7-13(14)15-9)16-20(17,18)11-5-3-4-10(8-11)19-2/h3-8,16H,1-2H3. The van der Waals surface area contributed by atoms with E-state index in [1.165, 1.54) is 25.3 Å². The molecule has 0 aliphatic carbocycles. The quantitative estimate of drug-likeness (QED) is 0.881. The maximum absolute atomic E-state index is 12.3. The van der Waals surface area contributed by atoms with Crippen LogP contribution in [0.4, 0.5) is 5.69 Å². The number of pyridine rings is 1. The van der Waals surface area contributed by atoms with Gasteiger partial charge < -0.3 is 4.74 Å². The Bertz CT molecular complexity index is 732. The summed E-state index contributed by atoms with van der Waals surface area (Å²) in [6, 6.07) is 9.32. The van der Waals surface area contributed by atoms with Crippen LogP contribution < -0.4 is 9.46 Å². The van der Waals surface area contributed by atoms with Crippen molar-refractivity contribution < 1.29 is 13.2 Å². The number of anilines is 1. The van der Waals surface area contributed by atoms with Gasteiger partial charge in [0.1, 0.15) is 10.9 Å². The van der Waals surface area contributed by atoms with Crippen LogP contribution >= 0.6 is 11.6 Å². The number of rotatable bonds is 4. The van der Waals surface area contributed by atoms with E-state index in [0.29, 0.717) is 22.3 Å². The van der Waals surface area contributed by atoms with Gasteiger partial charge in [-0.25, -0.2) is 13.4 Å². The number of nitrogens with one attached hydrogen (secondary N) is 1. The molecule has 0 amide bonds. The fraction of sp³-hybridized carbons (Fsp3) is 0.154. The van der Waals surface area contributed by atoms with E-state index < -0.39 is 10.0 Å². The maximum atomic E-state index is 12.3. The Kier molecular flexibility index (Phi) is 4.15. The van der Waals surface area contributed by atoms with Crippen LogP contribution in [0.1, 0.15) is 5.69 Å². The minimum Gasteiger partial charge on any atom is -0.497 e. The Balaban J connectivity index is 2.35. The highest BCUT2D eigenvalue weighted by Crippen LogP contribution is 2.22. The molecule has 0 aliphatic rings. The summed E-state index contributed by atoms with van der Waals surface area (Å²) in [4.78, 5) is 4.12. The van der Waals surface area contributed by atoms with E-state index in [1.54, 1.807) is 25.1 Å². The van der Waals surface area contributed by atoms with Gasteiger partial charge >= 0.3 is 0 Å². The van der Waals surface area contributed by atoms with Gasteiger partial charge in [-0.1, -0.05) is 17.7 Å². The van der Waals surface area contributed by atoms with Gasteiger partial charge in [0, 0.05) is 6.07 Å². The second-order valence-electron chi connectivity index (χ2n) is 4.05. The van der Waals surface area contributed by atoms with E-state index in [-0.39, 0.29) is 4.90 Å². The van der Waals surface area contributed by atoms with E-state index >= 15 is 0 Å². The largest absolute Gasteiger partial charge is 0.497 e. The normalized spacial score (nSPS) is 11.2. The molecule has 1 N–H and O–H groups in total. The number of halogens is 1. The number of hydrogen-bond donors (Lipinski definition) is 1. The van der Waals surface area contributed by atoms with E-state index in [2.05, 4.69) is 9.71 Å². The summed E-state index contributed by atoms with van der Waals surface area (Å²) in [7, 11) is -2.22. The van der Waals surface area contributed by atoms with Crippen molar-refractivity contribution in [1.29, 1.82) is 0 Å². The number of aromatic nitrogens is 1. The molecule has 1 heterocycles. The second kappa shape index (κ2) is 5.68. The van der Waals surface area contributed by atoms with Gasteiger partial charge in [-0.3, -0.25) is 4.72 Å². The van der Waals surface area contributed by atoms with Crippen molar-refractivity contribution in [3.05, 3.63) is 47.2 Å². The highest BCUT2D eigenvalue weighted by Gasteiger charge is 2.16. The first-order chi connectivity index (χ1) is 9.42. The first-order valence-electron chi connectivity index (χ1n) is 5.72. The lowest BCUT2D eigenvalue weighted by Crippen LogP contribution is -2.14. The predicted octanol–water partition coefficient (Wildman–Crippen LogP) is 2.85. The Labute approximate surface area is 122 Å². The van der Waals surface area contributed by atoms with Crippen LogP contribution in [0.5, 0.6) is 5.75 Å². The van der Waals surface area contributed by atoms with Crippen LogP contribution in [0.15, 0.2) is 41.3 Å². The topological polar surface area (TPSA) is 68.3 Å². The smallest absolute Gasteiger partial charge is 0.262 e. The summed E-state index contributed by atoms with van der Waals surface area (Å²) < 4.78 is 32.1. The van der Waals surface area contributed by atoms with Crippen LogP contribution in [-0.4, -0.2) is 20.5 Å². The fourth-order valence-electron chi connectivity index (χ4n) is 1.61. The van der Waals surface area contributed by atoms with Crippen molar-refractivity contribution >= 4 is 27.3 Å². The number of methoxy groups -OCH3 is 1. The lowest BCUT2D eigenvalue weighted by atomic mass is 10.3. The lowest BCUT2D eigenvalue weighted by molar-refractivity contribution is 0.413. The Morgan fingerprint density at radius 3 is 2.65 bits per heavy atom. The number of ether oxygens (including phenoxy) is 1. The van der Waals surface area contributed by atoms with Crippen molar-refractivity contribution in [1.82, 2.24) is 4.98 Å². The molecular weight excluding hydrogens is 300 g/mol. The third-order valence-electron chi connectivity index (χ3n) is 2.65. The van der Waals surface area contributed by atoms with E-state index in [0.717, 1.165) is 0 Å². The van der Waals surface area contributed by atoms with E-state index in [1.807, 2.05) is 0 Å². The summed E-state index contributed by atoms with van der Waals surface area (Å²) in [5.74, 6) is 0.471. The molecule has 1 aromatic carbocycles. The minimum atomic E-state index is -3.69. The summed E-state index contributed by atoms with van der Waals surface area (Å²) >= 11 is 5.74. The van der Waals surface area contributed by atoms with Crippen molar-refractivity contribution in [2.75, 3.05) is 11.8 Å². The van der Waals surface area contributed by atoms with Gasteiger partial charge in [-0.05, 0) is 31.2 Å². The monoisotopic (exact) mass is 312 g/mol. The molecule has 0 radical (unpaired) electrons. The van der Waals surface area contributed by atoms with Gasteiger partial charge in [-0.15, -0.1) is 0 Å². The Morgan fingerprint density at radius 2 is 2.00 bits per heavy atom. The summed E-state index contributed by atoms with van der Waals surface area (Å²) in [5, 5.41) is 0.312. The number of hydrogen-bond acceptors (Lipinski definition) is 4.